The molecule has 3 rings (SSSR count). The van der Waals surface area contributed by atoms with Gasteiger partial charge in [-0.15, -0.1) is 0 Å². The van der Waals surface area contributed by atoms with Crippen LogP contribution in [-0.2, 0) is 6.42 Å². The van der Waals surface area contributed by atoms with Crippen molar-refractivity contribution < 1.29 is 32.9 Å². The Hall–Kier alpha value is -3.52. The summed E-state index contributed by atoms with van der Waals surface area (Å²) in [5, 5.41) is 3.08. The molecule has 0 fully saturated rings. The van der Waals surface area contributed by atoms with E-state index in [0.717, 1.165) is 5.56 Å². The zero-order valence-corrected chi connectivity index (χ0v) is 19.2. The lowest BCUT2D eigenvalue weighted by Crippen LogP contribution is -2.12. The molecule has 3 aromatic rings. The van der Waals surface area contributed by atoms with Gasteiger partial charge in [0.2, 0.25) is 0 Å². The van der Waals surface area contributed by atoms with Crippen LogP contribution >= 0.6 is 11.6 Å². The minimum atomic E-state index is -0.454. The van der Waals surface area contributed by atoms with E-state index < -0.39 is 5.91 Å². The highest BCUT2D eigenvalue weighted by molar-refractivity contribution is 6.32. The fourth-order valence-corrected chi connectivity index (χ4v) is 3.40. The first-order valence-corrected chi connectivity index (χ1v) is 9.92. The molecular formula is C23H24ClNO7. The van der Waals surface area contributed by atoms with Gasteiger partial charge in [-0.3, -0.25) is 4.79 Å². The van der Waals surface area contributed by atoms with Crippen LogP contribution in [0.2, 0.25) is 5.02 Å². The van der Waals surface area contributed by atoms with E-state index >= 15 is 0 Å². The Labute approximate surface area is 190 Å². The fourth-order valence-electron chi connectivity index (χ4n) is 3.16. The number of halogens is 1. The Morgan fingerprint density at radius 2 is 1.47 bits per heavy atom. The smallest absolute Gasteiger partial charge is 0.291 e. The first-order valence-electron chi connectivity index (χ1n) is 9.54. The predicted octanol–water partition coefficient (Wildman–Crippen LogP) is 4.82. The standard InChI is InChI=1S/C23H24ClNO7/c1-27-14-9-19(28-2)15(20(10-14)29-3)8-13-6-7-18(32-13)23(26)25-17-11-16(24)21(30-4)12-22(17)31-5/h6-7,9-12H,8H2,1-5H3,(H,25,26). The van der Waals surface area contributed by atoms with Crippen LogP contribution in [0, 0.1) is 0 Å². The van der Waals surface area contributed by atoms with E-state index in [0.29, 0.717) is 51.6 Å². The van der Waals surface area contributed by atoms with Crippen molar-refractivity contribution in [3.05, 3.63) is 58.5 Å². The number of amides is 1. The summed E-state index contributed by atoms with van der Waals surface area (Å²) in [5.41, 5.74) is 1.15. The summed E-state index contributed by atoms with van der Waals surface area (Å²) < 4.78 is 32.5. The maximum atomic E-state index is 12.7. The first kappa shape index (κ1) is 23.1. The number of hydrogen-bond acceptors (Lipinski definition) is 7. The van der Waals surface area contributed by atoms with Crippen LogP contribution in [-0.4, -0.2) is 41.5 Å². The Balaban J connectivity index is 1.83. The van der Waals surface area contributed by atoms with Crippen molar-refractivity contribution in [2.75, 3.05) is 40.9 Å². The molecule has 9 heteroatoms. The molecule has 2 aromatic carbocycles. The summed E-state index contributed by atoms with van der Waals surface area (Å²) in [6.07, 6.45) is 0.349. The SMILES string of the molecule is COc1cc(OC)c(Cc2ccc(C(=O)Nc3cc(Cl)c(OC)cc3OC)o2)c(OC)c1. The molecule has 0 radical (unpaired) electrons. The van der Waals surface area contributed by atoms with Crippen LogP contribution in [0.5, 0.6) is 28.7 Å². The van der Waals surface area contributed by atoms with Crippen LogP contribution in [0.3, 0.4) is 0 Å². The van der Waals surface area contributed by atoms with Gasteiger partial charge in [0.05, 0.1) is 46.3 Å². The van der Waals surface area contributed by atoms with Crippen LogP contribution in [0.25, 0.3) is 0 Å². The monoisotopic (exact) mass is 461 g/mol. The number of nitrogens with one attached hydrogen (secondary N) is 1. The fraction of sp³-hybridized carbons (Fsp3) is 0.261. The molecule has 0 aliphatic heterocycles. The van der Waals surface area contributed by atoms with Crippen LogP contribution < -0.4 is 29.0 Å². The molecule has 0 unspecified atom stereocenters. The zero-order valence-electron chi connectivity index (χ0n) is 18.4. The Morgan fingerprint density at radius 1 is 0.844 bits per heavy atom. The molecular weight excluding hydrogens is 438 g/mol. The van der Waals surface area contributed by atoms with Gasteiger partial charge < -0.3 is 33.4 Å². The quantitative estimate of drug-likeness (QED) is 0.488. The number of carbonyl (C=O) groups is 1. The normalized spacial score (nSPS) is 10.4. The van der Waals surface area contributed by atoms with Gasteiger partial charge in [-0.25, -0.2) is 0 Å². The minimum absolute atomic E-state index is 0.125. The van der Waals surface area contributed by atoms with E-state index in [-0.39, 0.29) is 5.76 Å². The molecule has 1 amide bonds. The number of hydrogen-bond donors (Lipinski definition) is 1. The summed E-state index contributed by atoms with van der Waals surface area (Å²) in [7, 11) is 7.67. The van der Waals surface area contributed by atoms with Gasteiger partial charge in [0.1, 0.15) is 34.5 Å². The molecule has 1 N–H and O–H groups in total. The van der Waals surface area contributed by atoms with E-state index in [9.17, 15) is 4.79 Å². The molecule has 0 spiro atoms. The van der Waals surface area contributed by atoms with E-state index in [1.807, 2.05) is 0 Å². The van der Waals surface area contributed by atoms with E-state index in [1.165, 1.54) is 14.2 Å². The van der Waals surface area contributed by atoms with Crippen molar-refractivity contribution in [3.8, 4) is 28.7 Å². The molecule has 0 saturated heterocycles. The molecule has 170 valence electrons. The second kappa shape index (κ2) is 10.2. The maximum absolute atomic E-state index is 12.7. The van der Waals surface area contributed by atoms with Crippen molar-refractivity contribution in [1.82, 2.24) is 0 Å². The van der Waals surface area contributed by atoms with E-state index in [2.05, 4.69) is 5.32 Å². The molecule has 0 aliphatic carbocycles. The minimum Gasteiger partial charge on any atom is -0.496 e. The summed E-state index contributed by atoms with van der Waals surface area (Å²) >= 11 is 6.17. The summed E-state index contributed by atoms with van der Waals surface area (Å²) in [5.74, 6) is 2.83. The van der Waals surface area contributed by atoms with Gasteiger partial charge in [0, 0.05) is 30.2 Å². The van der Waals surface area contributed by atoms with Gasteiger partial charge in [-0.05, 0) is 18.2 Å². The Kier molecular flexibility index (Phi) is 7.37. The molecule has 8 nitrogen and oxygen atoms in total. The highest BCUT2D eigenvalue weighted by atomic mass is 35.5. The van der Waals surface area contributed by atoms with Crippen LogP contribution in [0.15, 0.2) is 40.8 Å². The van der Waals surface area contributed by atoms with Crippen molar-refractivity contribution >= 4 is 23.2 Å². The highest BCUT2D eigenvalue weighted by Gasteiger charge is 2.19. The Morgan fingerprint density at radius 3 is 2.03 bits per heavy atom. The van der Waals surface area contributed by atoms with Gasteiger partial charge >= 0.3 is 0 Å². The summed E-state index contributed by atoms with van der Waals surface area (Å²) in [6, 6.07) is 9.96. The number of rotatable bonds is 9. The van der Waals surface area contributed by atoms with Gasteiger partial charge in [0.15, 0.2) is 5.76 Å². The maximum Gasteiger partial charge on any atom is 0.291 e. The van der Waals surface area contributed by atoms with Gasteiger partial charge in [0.25, 0.3) is 5.91 Å². The number of methoxy groups -OCH3 is 5. The number of furan rings is 1. The van der Waals surface area contributed by atoms with E-state index in [4.69, 9.17) is 39.7 Å². The zero-order chi connectivity index (χ0) is 23.3. The first-order chi connectivity index (χ1) is 15.4. The van der Waals surface area contributed by atoms with Crippen molar-refractivity contribution in [3.63, 3.8) is 0 Å². The molecule has 0 bridgehead atoms. The van der Waals surface area contributed by atoms with Crippen molar-refractivity contribution in [2.24, 2.45) is 0 Å². The lowest BCUT2D eigenvalue weighted by Gasteiger charge is -2.14. The van der Waals surface area contributed by atoms with E-state index in [1.54, 1.807) is 57.7 Å². The third-order valence-corrected chi connectivity index (χ3v) is 5.07. The van der Waals surface area contributed by atoms with Crippen LogP contribution in [0.4, 0.5) is 5.69 Å². The van der Waals surface area contributed by atoms with Crippen molar-refractivity contribution in [1.29, 1.82) is 0 Å². The molecule has 1 aromatic heterocycles. The number of anilines is 1. The highest BCUT2D eigenvalue weighted by Crippen LogP contribution is 2.37. The number of benzene rings is 2. The second-order valence-electron chi connectivity index (χ2n) is 6.59. The third kappa shape index (κ3) is 4.86. The molecule has 32 heavy (non-hydrogen) atoms. The van der Waals surface area contributed by atoms with Crippen molar-refractivity contribution in [2.45, 2.75) is 6.42 Å². The molecule has 0 atom stereocenters. The summed E-state index contributed by atoms with van der Waals surface area (Å²) in [6.45, 7) is 0. The average Bonchev–Trinajstić information content (AvgIpc) is 3.28. The Bertz CT molecular complexity index is 1080. The molecule has 0 aliphatic rings. The predicted molar refractivity (Wildman–Crippen MR) is 120 cm³/mol. The molecule has 1 heterocycles. The third-order valence-electron chi connectivity index (χ3n) is 4.78. The number of ether oxygens (including phenoxy) is 5. The summed E-state index contributed by atoms with van der Waals surface area (Å²) in [4.78, 5) is 12.7. The largest absolute Gasteiger partial charge is 0.496 e. The lowest BCUT2D eigenvalue weighted by atomic mass is 10.1. The van der Waals surface area contributed by atoms with Gasteiger partial charge in [-0.1, -0.05) is 11.6 Å². The topological polar surface area (TPSA) is 88.4 Å². The average molecular weight is 462 g/mol. The molecule has 0 saturated carbocycles. The van der Waals surface area contributed by atoms with Crippen LogP contribution in [0.1, 0.15) is 21.9 Å². The van der Waals surface area contributed by atoms with Gasteiger partial charge in [-0.2, -0.15) is 0 Å². The lowest BCUT2D eigenvalue weighted by molar-refractivity contribution is 0.0994. The second-order valence-corrected chi connectivity index (χ2v) is 7.00. The number of carbonyl (C=O) groups excluding carboxylic acids is 1.